The Labute approximate surface area is 175 Å². The summed E-state index contributed by atoms with van der Waals surface area (Å²) in [4.78, 5) is 12.8. The summed E-state index contributed by atoms with van der Waals surface area (Å²) in [6.45, 7) is 0. The fourth-order valence-electron chi connectivity index (χ4n) is 3.77. The normalized spacial score (nSPS) is 18.7. The van der Waals surface area contributed by atoms with Crippen LogP contribution in [-0.4, -0.2) is 31.9 Å². The van der Waals surface area contributed by atoms with E-state index in [1.807, 2.05) is 18.2 Å². The fourth-order valence-corrected chi connectivity index (χ4v) is 5.51. The SMILES string of the molecule is N[C@@H](CC(=O)NC1(c2ccccc2F)CCS(=O)(=O)CC1)Cc1ccccc1Cl. The van der Waals surface area contributed by atoms with Crippen LogP contribution < -0.4 is 11.1 Å². The quantitative estimate of drug-likeness (QED) is 0.725. The number of benzene rings is 2. The molecule has 1 aliphatic rings. The van der Waals surface area contributed by atoms with Crippen molar-refractivity contribution in [1.82, 2.24) is 5.32 Å². The Morgan fingerprint density at radius 3 is 2.41 bits per heavy atom. The highest BCUT2D eigenvalue weighted by Gasteiger charge is 2.41. The maximum absolute atomic E-state index is 14.5. The predicted molar refractivity (Wildman–Crippen MR) is 112 cm³/mol. The Morgan fingerprint density at radius 2 is 1.76 bits per heavy atom. The van der Waals surface area contributed by atoms with Gasteiger partial charge in [0.2, 0.25) is 5.91 Å². The summed E-state index contributed by atoms with van der Waals surface area (Å²) < 4.78 is 38.3. The van der Waals surface area contributed by atoms with Gasteiger partial charge in [-0.05, 0) is 37.0 Å². The summed E-state index contributed by atoms with van der Waals surface area (Å²) in [7, 11) is -3.19. The lowest BCUT2D eigenvalue weighted by atomic mass is 9.83. The van der Waals surface area contributed by atoms with Crippen LogP contribution in [0.2, 0.25) is 5.02 Å². The van der Waals surface area contributed by atoms with Gasteiger partial charge in [0.25, 0.3) is 0 Å². The molecule has 0 radical (unpaired) electrons. The van der Waals surface area contributed by atoms with Crippen LogP contribution in [-0.2, 0) is 26.6 Å². The first-order valence-electron chi connectivity index (χ1n) is 9.46. The molecule has 156 valence electrons. The molecule has 1 saturated heterocycles. The largest absolute Gasteiger partial charge is 0.346 e. The monoisotopic (exact) mass is 438 g/mol. The Bertz CT molecular complexity index is 983. The molecule has 1 heterocycles. The molecule has 0 aromatic heterocycles. The molecule has 2 aromatic rings. The third kappa shape index (κ3) is 5.35. The molecule has 0 spiro atoms. The van der Waals surface area contributed by atoms with Crippen LogP contribution in [0.1, 0.15) is 30.4 Å². The van der Waals surface area contributed by atoms with Crippen molar-refractivity contribution in [2.75, 3.05) is 11.5 Å². The maximum Gasteiger partial charge on any atom is 0.222 e. The average molecular weight is 439 g/mol. The topological polar surface area (TPSA) is 89.3 Å². The summed E-state index contributed by atoms with van der Waals surface area (Å²) in [5.41, 5.74) is 6.25. The highest BCUT2D eigenvalue weighted by atomic mass is 35.5. The lowest BCUT2D eigenvalue weighted by Crippen LogP contribution is -2.52. The molecule has 8 heteroatoms. The van der Waals surface area contributed by atoms with Gasteiger partial charge >= 0.3 is 0 Å². The molecular weight excluding hydrogens is 415 g/mol. The number of hydrogen-bond acceptors (Lipinski definition) is 4. The van der Waals surface area contributed by atoms with E-state index in [1.54, 1.807) is 24.3 Å². The zero-order chi connectivity index (χ0) is 21.1. The van der Waals surface area contributed by atoms with Crippen LogP contribution in [0.25, 0.3) is 0 Å². The van der Waals surface area contributed by atoms with Crippen molar-refractivity contribution in [3.63, 3.8) is 0 Å². The van der Waals surface area contributed by atoms with Gasteiger partial charge in [-0.15, -0.1) is 0 Å². The van der Waals surface area contributed by atoms with Crippen LogP contribution in [0.5, 0.6) is 0 Å². The second-order valence-corrected chi connectivity index (χ2v) is 10.2. The van der Waals surface area contributed by atoms with Gasteiger partial charge in [0.05, 0.1) is 17.0 Å². The van der Waals surface area contributed by atoms with Crippen LogP contribution in [0.4, 0.5) is 4.39 Å². The third-order valence-electron chi connectivity index (χ3n) is 5.34. The lowest BCUT2D eigenvalue weighted by Gasteiger charge is -2.39. The number of nitrogens with one attached hydrogen (secondary N) is 1. The number of sulfone groups is 1. The van der Waals surface area contributed by atoms with Crippen molar-refractivity contribution in [3.8, 4) is 0 Å². The zero-order valence-corrected chi connectivity index (χ0v) is 17.5. The number of carbonyl (C=O) groups is 1. The fraction of sp³-hybridized carbons (Fsp3) is 0.381. The highest BCUT2D eigenvalue weighted by Crippen LogP contribution is 2.35. The molecule has 3 N–H and O–H groups in total. The van der Waals surface area contributed by atoms with E-state index >= 15 is 0 Å². The van der Waals surface area contributed by atoms with Gasteiger partial charge in [0.15, 0.2) is 9.84 Å². The molecule has 0 bridgehead atoms. The van der Waals surface area contributed by atoms with E-state index in [0.29, 0.717) is 17.0 Å². The van der Waals surface area contributed by atoms with Crippen LogP contribution in [0.3, 0.4) is 0 Å². The van der Waals surface area contributed by atoms with E-state index in [9.17, 15) is 17.6 Å². The first kappa shape index (κ1) is 21.7. The van der Waals surface area contributed by atoms with E-state index in [2.05, 4.69) is 5.32 Å². The molecule has 0 unspecified atom stereocenters. The Hall–Kier alpha value is -1.96. The number of hydrogen-bond donors (Lipinski definition) is 2. The number of halogens is 2. The van der Waals surface area contributed by atoms with Crippen molar-refractivity contribution in [2.45, 2.75) is 37.3 Å². The third-order valence-corrected chi connectivity index (χ3v) is 7.36. The van der Waals surface area contributed by atoms with Crippen LogP contribution >= 0.6 is 11.6 Å². The number of amides is 1. The summed E-state index contributed by atoms with van der Waals surface area (Å²) in [5, 5.41) is 3.49. The Kier molecular flexibility index (Phi) is 6.61. The van der Waals surface area contributed by atoms with Gasteiger partial charge in [-0.3, -0.25) is 4.79 Å². The first-order chi connectivity index (χ1) is 13.7. The molecule has 29 heavy (non-hydrogen) atoms. The van der Waals surface area contributed by atoms with Gasteiger partial charge in [0, 0.05) is 23.0 Å². The van der Waals surface area contributed by atoms with E-state index in [0.717, 1.165) is 5.56 Å². The van der Waals surface area contributed by atoms with Crippen LogP contribution in [0, 0.1) is 5.82 Å². The first-order valence-corrected chi connectivity index (χ1v) is 11.7. The molecule has 3 rings (SSSR count). The summed E-state index contributed by atoms with van der Waals surface area (Å²) in [5.74, 6) is -1.01. The van der Waals surface area contributed by atoms with E-state index in [-0.39, 0.29) is 36.7 Å². The second-order valence-electron chi connectivity index (χ2n) is 7.52. The molecule has 1 aliphatic heterocycles. The molecule has 1 fully saturated rings. The molecule has 1 atom stereocenters. The van der Waals surface area contributed by atoms with E-state index in [4.69, 9.17) is 17.3 Å². The van der Waals surface area contributed by atoms with Gasteiger partial charge in [-0.25, -0.2) is 12.8 Å². The molecule has 1 amide bonds. The van der Waals surface area contributed by atoms with E-state index < -0.39 is 27.2 Å². The van der Waals surface area contributed by atoms with E-state index in [1.165, 1.54) is 6.07 Å². The van der Waals surface area contributed by atoms with Crippen LogP contribution in [0.15, 0.2) is 48.5 Å². The highest BCUT2D eigenvalue weighted by molar-refractivity contribution is 7.91. The van der Waals surface area contributed by atoms with Crippen molar-refractivity contribution in [3.05, 3.63) is 70.5 Å². The van der Waals surface area contributed by atoms with Crippen molar-refractivity contribution >= 4 is 27.3 Å². The zero-order valence-electron chi connectivity index (χ0n) is 15.9. The second kappa shape index (κ2) is 8.81. The van der Waals surface area contributed by atoms with Gasteiger partial charge < -0.3 is 11.1 Å². The van der Waals surface area contributed by atoms with Crippen molar-refractivity contribution in [1.29, 1.82) is 0 Å². The van der Waals surface area contributed by atoms with Crippen molar-refractivity contribution < 1.29 is 17.6 Å². The summed E-state index contributed by atoms with van der Waals surface area (Å²) in [6.07, 6.45) is 0.700. The number of nitrogens with two attached hydrogens (primary N) is 1. The lowest BCUT2D eigenvalue weighted by molar-refractivity contribution is -0.123. The maximum atomic E-state index is 14.5. The number of rotatable bonds is 6. The van der Waals surface area contributed by atoms with Gasteiger partial charge in [0.1, 0.15) is 5.82 Å². The standard InChI is InChI=1S/C21H24ClFN2O3S/c22-18-7-3-1-5-15(18)13-16(24)14-20(26)25-21(9-11-29(27,28)12-10-21)17-6-2-4-8-19(17)23/h1-8,16H,9-14,24H2,(H,25,26)/t16-/m1/s1. The molecular formula is C21H24ClFN2O3S. The smallest absolute Gasteiger partial charge is 0.222 e. The number of carbonyl (C=O) groups excluding carboxylic acids is 1. The molecule has 0 saturated carbocycles. The van der Waals surface area contributed by atoms with Gasteiger partial charge in [-0.2, -0.15) is 0 Å². The average Bonchev–Trinajstić information content (AvgIpc) is 2.66. The molecule has 5 nitrogen and oxygen atoms in total. The Balaban J connectivity index is 1.75. The minimum Gasteiger partial charge on any atom is -0.346 e. The molecule has 0 aliphatic carbocycles. The summed E-state index contributed by atoms with van der Waals surface area (Å²) >= 11 is 6.15. The minimum absolute atomic E-state index is 0.0220. The summed E-state index contributed by atoms with van der Waals surface area (Å²) in [6, 6.07) is 13.0. The van der Waals surface area contributed by atoms with Gasteiger partial charge in [-0.1, -0.05) is 48.0 Å². The molecule has 2 aromatic carbocycles. The predicted octanol–water partition coefficient (Wildman–Crippen LogP) is 2.96. The van der Waals surface area contributed by atoms with Crippen molar-refractivity contribution in [2.24, 2.45) is 5.73 Å². The minimum atomic E-state index is -3.19. The Morgan fingerprint density at radius 1 is 1.14 bits per heavy atom.